The summed E-state index contributed by atoms with van der Waals surface area (Å²) in [6, 6.07) is 19.9. The highest BCUT2D eigenvalue weighted by Crippen LogP contribution is 2.15. The Morgan fingerprint density at radius 2 is 1.47 bits per heavy atom. The largest absolute Gasteiger partial charge is 0.384 e. The van der Waals surface area contributed by atoms with Crippen LogP contribution in [0.1, 0.15) is 25.0 Å². The average Bonchev–Trinajstić information content (AvgIpc) is 2.40. The summed E-state index contributed by atoms with van der Waals surface area (Å²) in [5, 5.41) is 10.3. The lowest BCUT2D eigenvalue weighted by Crippen LogP contribution is -2.32. The summed E-state index contributed by atoms with van der Waals surface area (Å²) in [5.41, 5.74) is 1.87. The van der Waals surface area contributed by atoms with Gasteiger partial charge >= 0.3 is 0 Å². The van der Waals surface area contributed by atoms with Crippen molar-refractivity contribution in [2.75, 3.05) is 0 Å². The Bertz CT molecular complexity index is 538. The SMILES string of the molecule is CC(C)(O)C(=NCc1ccccc1)c1ccccc1. The molecule has 0 unspecified atom stereocenters. The van der Waals surface area contributed by atoms with E-state index in [-0.39, 0.29) is 0 Å². The van der Waals surface area contributed by atoms with Gasteiger partial charge in [0.1, 0.15) is 5.60 Å². The summed E-state index contributed by atoms with van der Waals surface area (Å²) in [7, 11) is 0. The number of aliphatic imine (C=N–C) groups is 1. The second-order valence-electron chi connectivity index (χ2n) is 5.08. The fraction of sp³-hybridized carbons (Fsp3) is 0.235. The number of benzene rings is 2. The van der Waals surface area contributed by atoms with Crippen molar-refractivity contribution in [3.05, 3.63) is 71.8 Å². The Kier molecular flexibility index (Phi) is 4.13. The van der Waals surface area contributed by atoms with Crippen molar-refractivity contribution in [3.63, 3.8) is 0 Å². The van der Waals surface area contributed by atoms with Crippen molar-refractivity contribution in [1.29, 1.82) is 0 Å². The Labute approximate surface area is 114 Å². The van der Waals surface area contributed by atoms with Gasteiger partial charge in [0.25, 0.3) is 0 Å². The van der Waals surface area contributed by atoms with Crippen molar-refractivity contribution < 1.29 is 5.11 Å². The van der Waals surface area contributed by atoms with E-state index in [4.69, 9.17) is 0 Å². The van der Waals surface area contributed by atoms with Crippen LogP contribution in [0.2, 0.25) is 0 Å². The third-order valence-corrected chi connectivity index (χ3v) is 2.89. The van der Waals surface area contributed by atoms with E-state index in [9.17, 15) is 5.11 Å². The van der Waals surface area contributed by atoms with Crippen LogP contribution in [0.5, 0.6) is 0 Å². The molecule has 0 aliphatic heterocycles. The minimum atomic E-state index is -0.948. The van der Waals surface area contributed by atoms with Crippen LogP contribution >= 0.6 is 0 Å². The molecule has 2 rings (SSSR count). The lowest BCUT2D eigenvalue weighted by Gasteiger charge is -2.21. The summed E-state index contributed by atoms with van der Waals surface area (Å²) in [6.45, 7) is 4.11. The molecule has 0 atom stereocenters. The lowest BCUT2D eigenvalue weighted by molar-refractivity contribution is 0.154. The lowest BCUT2D eigenvalue weighted by atomic mass is 9.95. The van der Waals surface area contributed by atoms with Crippen LogP contribution in [0.15, 0.2) is 65.7 Å². The second kappa shape index (κ2) is 5.81. The Morgan fingerprint density at radius 1 is 0.947 bits per heavy atom. The van der Waals surface area contributed by atoms with Crippen LogP contribution in [-0.4, -0.2) is 16.4 Å². The van der Waals surface area contributed by atoms with Gasteiger partial charge in [0.05, 0.1) is 12.3 Å². The Balaban J connectivity index is 2.29. The molecule has 0 bridgehead atoms. The van der Waals surface area contributed by atoms with Gasteiger partial charge < -0.3 is 5.11 Å². The minimum Gasteiger partial charge on any atom is -0.384 e. The fourth-order valence-electron chi connectivity index (χ4n) is 1.99. The van der Waals surface area contributed by atoms with Crippen molar-refractivity contribution in [2.24, 2.45) is 4.99 Å². The molecule has 98 valence electrons. The fourth-order valence-corrected chi connectivity index (χ4v) is 1.99. The monoisotopic (exact) mass is 253 g/mol. The number of aliphatic hydroxyl groups is 1. The van der Waals surface area contributed by atoms with E-state index in [0.29, 0.717) is 6.54 Å². The van der Waals surface area contributed by atoms with Gasteiger partial charge in [0, 0.05) is 0 Å². The van der Waals surface area contributed by atoms with Gasteiger partial charge in [-0.05, 0) is 25.0 Å². The third-order valence-electron chi connectivity index (χ3n) is 2.89. The molecule has 0 aliphatic rings. The second-order valence-corrected chi connectivity index (χ2v) is 5.08. The van der Waals surface area contributed by atoms with Crippen LogP contribution in [0.4, 0.5) is 0 Å². The summed E-state index contributed by atoms with van der Waals surface area (Å²) >= 11 is 0. The summed E-state index contributed by atoms with van der Waals surface area (Å²) in [4.78, 5) is 4.60. The maximum absolute atomic E-state index is 10.3. The molecule has 0 aromatic heterocycles. The van der Waals surface area contributed by atoms with Crippen LogP contribution in [0.3, 0.4) is 0 Å². The van der Waals surface area contributed by atoms with Gasteiger partial charge in [0.15, 0.2) is 0 Å². The molecule has 0 radical (unpaired) electrons. The normalized spacial score (nSPS) is 12.5. The topological polar surface area (TPSA) is 32.6 Å². The first-order valence-corrected chi connectivity index (χ1v) is 6.44. The van der Waals surface area contributed by atoms with Crippen LogP contribution in [0, 0.1) is 0 Å². The zero-order valence-electron chi connectivity index (χ0n) is 11.4. The zero-order chi connectivity index (χ0) is 13.7. The highest BCUT2D eigenvalue weighted by molar-refractivity contribution is 6.05. The molecule has 0 saturated carbocycles. The number of hydrogen-bond donors (Lipinski definition) is 1. The van der Waals surface area contributed by atoms with E-state index in [1.54, 1.807) is 13.8 Å². The quantitative estimate of drug-likeness (QED) is 0.832. The van der Waals surface area contributed by atoms with E-state index in [1.807, 2.05) is 60.7 Å². The molecule has 0 amide bonds. The van der Waals surface area contributed by atoms with Crippen molar-refractivity contribution in [2.45, 2.75) is 26.0 Å². The van der Waals surface area contributed by atoms with Gasteiger partial charge in [-0.15, -0.1) is 0 Å². The summed E-state index contributed by atoms with van der Waals surface area (Å²) in [5.74, 6) is 0. The van der Waals surface area contributed by atoms with Crippen LogP contribution in [0.25, 0.3) is 0 Å². The maximum atomic E-state index is 10.3. The molecule has 2 nitrogen and oxygen atoms in total. The van der Waals surface area contributed by atoms with E-state index < -0.39 is 5.60 Å². The molecular weight excluding hydrogens is 234 g/mol. The van der Waals surface area contributed by atoms with Crippen molar-refractivity contribution in [3.8, 4) is 0 Å². The van der Waals surface area contributed by atoms with Crippen molar-refractivity contribution in [1.82, 2.24) is 0 Å². The Morgan fingerprint density at radius 3 is 2.00 bits per heavy atom. The van der Waals surface area contributed by atoms with Gasteiger partial charge in [-0.2, -0.15) is 0 Å². The average molecular weight is 253 g/mol. The number of nitrogens with zero attached hydrogens (tertiary/aromatic N) is 1. The molecule has 0 spiro atoms. The first-order chi connectivity index (χ1) is 9.07. The minimum absolute atomic E-state index is 0.578. The first kappa shape index (κ1) is 13.5. The van der Waals surface area contributed by atoms with E-state index in [1.165, 1.54) is 0 Å². The molecule has 0 aliphatic carbocycles. The smallest absolute Gasteiger partial charge is 0.101 e. The van der Waals surface area contributed by atoms with E-state index in [2.05, 4.69) is 4.99 Å². The third kappa shape index (κ3) is 3.76. The Hall–Kier alpha value is -1.93. The molecular formula is C17H19NO. The molecule has 0 saturated heterocycles. The molecule has 0 fully saturated rings. The van der Waals surface area contributed by atoms with Gasteiger partial charge in [0.2, 0.25) is 0 Å². The van der Waals surface area contributed by atoms with Gasteiger partial charge in [-0.25, -0.2) is 0 Å². The predicted molar refractivity (Wildman–Crippen MR) is 79.4 cm³/mol. The van der Waals surface area contributed by atoms with E-state index in [0.717, 1.165) is 16.8 Å². The highest BCUT2D eigenvalue weighted by atomic mass is 16.3. The summed E-state index contributed by atoms with van der Waals surface area (Å²) in [6.07, 6.45) is 0. The highest BCUT2D eigenvalue weighted by Gasteiger charge is 2.22. The first-order valence-electron chi connectivity index (χ1n) is 6.44. The summed E-state index contributed by atoms with van der Waals surface area (Å²) < 4.78 is 0. The zero-order valence-corrected chi connectivity index (χ0v) is 11.4. The molecule has 2 aromatic rings. The maximum Gasteiger partial charge on any atom is 0.101 e. The molecule has 1 N–H and O–H groups in total. The van der Waals surface area contributed by atoms with Gasteiger partial charge in [-0.3, -0.25) is 4.99 Å². The van der Waals surface area contributed by atoms with Crippen LogP contribution < -0.4 is 0 Å². The van der Waals surface area contributed by atoms with Gasteiger partial charge in [-0.1, -0.05) is 60.7 Å². The number of hydrogen-bond acceptors (Lipinski definition) is 2. The van der Waals surface area contributed by atoms with Crippen molar-refractivity contribution >= 4 is 5.71 Å². The molecule has 19 heavy (non-hydrogen) atoms. The molecule has 2 heteroatoms. The number of rotatable bonds is 4. The van der Waals surface area contributed by atoms with E-state index >= 15 is 0 Å². The molecule has 0 heterocycles. The van der Waals surface area contributed by atoms with Crippen LogP contribution in [-0.2, 0) is 6.54 Å². The standard InChI is InChI=1S/C17H19NO/c1-17(2,19)16(15-11-7-4-8-12-15)18-13-14-9-5-3-6-10-14/h3-12,19H,13H2,1-2H3. The molecule has 2 aromatic carbocycles. The predicted octanol–water partition coefficient (Wildman–Crippen LogP) is 3.45.